The number of rotatable bonds is 5. The van der Waals surface area contributed by atoms with Crippen molar-refractivity contribution in [3.05, 3.63) is 88.4 Å². The molecule has 37 heavy (non-hydrogen) atoms. The maximum absolute atomic E-state index is 13.5. The molecule has 2 aliphatic heterocycles. The van der Waals surface area contributed by atoms with Gasteiger partial charge >= 0.3 is 0 Å². The quantitative estimate of drug-likeness (QED) is 0.443. The van der Waals surface area contributed by atoms with E-state index in [0.29, 0.717) is 23.1 Å². The molecule has 0 N–H and O–H groups in total. The molecule has 0 spiro atoms. The molecule has 0 radical (unpaired) electrons. The normalized spacial score (nSPS) is 25.0. The Hall–Kier alpha value is -3.62. The molecule has 2 unspecified atom stereocenters. The van der Waals surface area contributed by atoms with Gasteiger partial charge in [-0.2, -0.15) is 0 Å². The molecule has 8 heteroatoms. The van der Waals surface area contributed by atoms with E-state index in [-0.39, 0.29) is 30.5 Å². The van der Waals surface area contributed by atoms with Crippen LogP contribution in [0.5, 0.6) is 0 Å². The molecule has 3 amide bonds. The fourth-order valence-corrected chi connectivity index (χ4v) is 5.84. The second kappa shape index (κ2) is 9.04. The number of fused-ring (bicyclic) bond motifs is 2. The number of hydrogen-bond donors (Lipinski definition) is 0. The van der Waals surface area contributed by atoms with Gasteiger partial charge in [0.25, 0.3) is 17.7 Å². The third-order valence-corrected chi connectivity index (χ3v) is 7.94. The fraction of sp³-hybridized carbons (Fsp3) is 0.379. The molecule has 2 aromatic rings. The number of nitrogens with zero attached hydrogens (tertiary/aromatic N) is 3. The number of allylic oxidation sites excluding steroid dienone is 1. The van der Waals surface area contributed by atoms with Gasteiger partial charge in [0.05, 0.1) is 18.7 Å². The highest BCUT2D eigenvalue weighted by Crippen LogP contribution is 2.40. The van der Waals surface area contributed by atoms with Crippen LogP contribution in [0.2, 0.25) is 0 Å². The summed E-state index contributed by atoms with van der Waals surface area (Å²) >= 11 is 0. The first-order chi connectivity index (χ1) is 17.9. The van der Waals surface area contributed by atoms with Gasteiger partial charge in [-0.05, 0) is 55.7 Å². The minimum absolute atomic E-state index is 0.171. The van der Waals surface area contributed by atoms with Crippen molar-refractivity contribution >= 4 is 17.7 Å². The van der Waals surface area contributed by atoms with E-state index in [1.807, 2.05) is 31.2 Å². The molecule has 8 nitrogen and oxygen atoms in total. The second-order valence-corrected chi connectivity index (χ2v) is 10.1. The summed E-state index contributed by atoms with van der Waals surface area (Å²) in [5.41, 5.74) is 3.62. The highest BCUT2D eigenvalue weighted by molar-refractivity contribution is 6.13. The van der Waals surface area contributed by atoms with Crippen LogP contribution in [0, 0.1) is 0 Å². The molecule has 3 heterocycles. The van der Waals surface area contributed by atoms with Gasteiger partial charge in [0.2, 0.25) is 0 Å². The Balaban J connectivity index is 1.21. The van der Waals surface area contributed by atoms with Crippen molar-refractivity contribution in [1.82, 2.24) is 14.8 Å². The SMILES string of the molecule is COC1(OC2CCCC2)C=CC(N2C(=O)c3cc(C(=O)N4Cc5cnccc5C4=O)ccc3C2C)=CC1. The summed E-state index contributed by atoms with van der Waals surface area (Å²) in [5.74, 6) is -1.75. The van der Waals surface area contributed by atoms with E-state index in [9.17, 15) is 14.4 Å². The zero-order chi connectivity index (χ0) is 25.7. The second-order valence-electron chi connectivity index (χ2n) is 10.1. The maximum Gasteiger partial charge on any atom is 0.261 e. The lowest BCUT2D eigenvalue weighted by Crippen LogP contribution is -2.38. The van der Waals surface area contributed by atoms with Crippen molar-refractivity contribution in [2.75, 3.05) is 7.11 Å². The molecule has 2 aliphatic carbocycles. The average Bonchev–Trinajstić information content (AvgIpc) is 3.62. The Kier molecular flexibility index (Phi) is 5.81. The number of ether oxygens (including phenoxy) is 2. The summed E-state index contributed by atoms with van der Waals surface area (Å²) < 4.78 is 12.1. The first-order valence-corrected chi connectivity index (χ1v) is 12.8. The Morgan fingerprint density at radius 3 is 2.62 bits per heavy atom. The van der Waals surface area contributed by atoms with Gasteiger partial charge in [-0.25, -0.2) is 0 Å². The number of carbonyl (C=O) groups is 3. The summed E-state index contributed by atoms with van der Waals surface area (Å²) in [6, 6.07) is 6.55. The van der Waals surface area contributed by atoms with E-state index in [1.165, 1.54) is 17.7 Å². The van der Waals surface area contributed by atoms with Crippen molar-refractivity contribution in [3.8, 4) is 0 Å². The van der Waals surface area contributed by atoms with Crippen LogP contribution in [-0.4, -0.2) is 51.5 Å². The molecule has 2 atom stereocenters. The molecule has 0 bridgehead atoms. The lowest BCUT2D eigenvalue weighted by molar-refractivity contribution is -0.211. The zero-order valence-electron chi connectivity index (χ0n) is 21.0. The van der Waals surface area contributed by atoms with Gasteiger partial charge in [0.1, 0.15) is 0 Å². The van der Waals surface area contributed by atoms with Crippen LogP contribution in [0.15, 0.2) is 60.6 Å². The van der Waals surface area contributed by atoms with Crippen molar-refractivity contribution in [2.24, 2.45) is 0 Å². The molecular weight excluding hydrogens is 470 g/mol. The van der Waals surface area contributed by atoms with Gasteiger partial charge in [0.15, 0.2) is 5.79 Å². The van der Waals surface area contributed by atoms with Crippen LogP contribution in [0.4, 0.5) is 0 Å². The molecular formula is C29H29N3O5. The minimum Gasteiger partial charge on any atom is -0.349 e. The smallest absolute Gasteiger partial charge is 0.261 e. The number of imide groups is 1. The van der Waals surface area contributed by atoms with Gasteiger partial charge in [-0.1, -0.05) is 25.0 Å². The number of hydrogen-bond acceptors (Lipinski definition) is 6. The van der Waals surface area contributed by atoms with Gasteiger partial charge < -0.3 is 14.4 Å². The first kappa shape index (κ1) is 23.8. The number of carbonyl (C=O) groups excluding carboxylic acids is 3. The van der Waals surface area contributed by atoms with E-state index in [4.69, 9.17) is 9.47 Å². The summed E-state index contributed by atoms with van der Waals surface area (Å²) in [7, 11) is 1.65. The number of pyridine rings is 1. The number of aromatic nitrogens is 1. The monoisotopic (exact) mass is 499 g/mol. The van der Waals surface area contributed by atoms with Crippen LogP contribution < -0.4 is 0 Å². The lowest BCUT2D eigenvalue weighted by Gasteiger charge is -2.35. The number of amides is 3. The highest BCUT2D eigenvalue weighted by atomic mass is 16.7. The van der Waals surface area contributed by atoms with Crippen molar-refractivity contribution in [2.45, 2.75) is 63.5 Å². The van der Waals surface area contributed by atoms with Crippen molar-refractivity contribution < 1.29 is 23.9 Å². The predicted octanol–water partition coefficient (Wildman–Crippen LogP) is 4.54. The molecule has 6 rings (SSSR count). The standard InChI is InChI=1S/C29H29N3O5/c1-18-23-8-7-19(26(33)31-17-20-16-30-14-11-24(20)27(31)34)15-25(23)28(35)32(18)21-9-12-29(36-2,13-10-21)37-22-5-3-4-6-22/h7-12,14-16,18,22H,3-6,13,17H2,1-2H3. The number of benzene rings is 1. The topological polar surface area (TPSA) is 89.0 Å². The summed E-state index contributed by atoms with van der Waals surface area (Å²) in [6.07, 6.45) is 14.1. The van der Waals surface area contributed by atoms with Gasteiger partial charge in [0, 0.05) is 53.9 Å². The Labute approximate surface area is 215 Å². The Bertz CT molecular complexity index is 1360. The third-order valence-electron chi connectivity index (χ3n) is 7.94. The van der Waals surface area contributed by atoms with Gasteiger partial charge in [-0.15, -0.1) is 0 Å². The van der Waals surface area contributed by atoms with Gasteiger partial charge in [-0.3, -0.25) is 24.3 Å². The van der Waals surface area contributed by atoms with E-state index >= 15 is 0 Å². The largest absolute Gasteiger partial charge is 0.349 e. The summed E-state index contributed by atoms with van der Waals surface area (Å²) in [6.45, 7) is 2.15. The van der Waals surface area contributed by atoms with Crippen LogP contribution in [0.25, 0.3) is 0 Å². The molecule has 1 fully saturated rings. The minimum atomic E-state index is -0.813. The number of methoxy groups -OCH3 is 1. The third kappa shape index (κ3) is 3.91. The lowest BCUT2D eigenvalue weighted by atomic mass is 10.0. The van der Waals surface area contributed by atoms with E-state index in [1.54, 1.807) is 42.6 Å². The van der Waals surface area contributed by atoms with Crippen molar-refractivity contribution in [1.29, 1.82) is 0 Å². The van der Waals surface area contributed by atoms with Crippen LogP contribution in [0.1, 0.15) is 87.3 Å². The predicted molar refractivity (Wildman–Crippen MR) is 134 cm³/mol. The Morgan fingerprint density at radius 2 is 1.92 bits per heavy atom. The van der Waals surface area contributed by atoms with E-state index in [2.05, 4.69) is 4.98 Å². The maximum atomic E-state index is 13.5. The zero-order valence-corrected chi connectivity index (χ0v) is 21.0. The molecule has 1 saturated carbocycles. The summed E-state index contributed by atoms with van der Waals surface area (Å²) in [5, 5.41) is 0. The Morgan fingerprint density at radius 1 is 1.11 bits per heavy atom. The molecule has 1 aromatic heterocycles. The van der Waals surface area contributed by atoms with Crippen LogP contribution in [0.3, 0.4) is 0 Å². The van der Waals surface area contributed by atoms with E-state index < -0.39 is 11.7 Å². The molecule has 0 saturated heterocycles. The average molecular weight is 500 g/mol. The highest BCUT2D eigenvalue weighted by Gasteiger charge is 2.40. The molecule has 190 valence electrons. The molecule has 1 aromatic carbocycles. The van der Waals surface area contributed by atoms with Crippen molar-refractivity contribution in [3.63, 3.8) is 0 Å². The molecule has 4 aliphatic rings. The first-order valence-electron chi connectivity index (χ1n) is 12.8. The van der Waals surface area contributed by atoms with E-state index in [0.717, 1.165) is 29.7 Å². The van der Waals surface area contributed by atoms with Crippen LogP contribution >= 0.6 is 0 Å². The van der Waals surface area contributed by atoms with Crippen LogP contribution in [-0.2, 0) is 16.0 Å². The fourth-order valence-electron chi connectivity index (χ4n) is 5.84. The summed E-state index contributed by atoms with van der Waals surface area (Å²) in [4.78, 5) is 46.6.